The summed E-state index contributed by atoms with van der Waals surface area (Å²) in [6.07, 6.45) is 1.46. The summed E-state index contributed by atoms with van der Waals surface area (Å²) in [6.45, 7) is 3.87. The maximum Gasteiger partial charge on any atom is 0.254 e. The normalized spacial score (nSPS) is 15.3. The molecule has 1 aliphatic rings. The average molecular weight is 422 g/mol. The Balaban J connectivity index is 1.37. The number of thiophene rings is 1. The maximum atomic E-state index is 12.4. The van der Waals surface area contributed by atoms with Crippen LogP contribution in [0.3, 0.4) is 0 Å². The molecule has 3 aromatic heterocycles. The van der Waals surface area contributed by atoms with Crippen LogP contribution in [0.1, 0.15) is 5.69 Å². The summed E-state index contributed by atoms with van der Waals surface area (Å²) < 4.78 is 28.6. The van der Waals surface area contributed by atoms with Gasteiger partial charge in [0.2, 0.25) is 5.91 Å². The molecule has 3 aromatic rings. The van der Waals surface area contributed by atoms with E-state index in [1.807, 2.05) is 13.0 Å². The molecule has 12 heteroatoms. The molecule has 0 aliphatic carbocycles. The third-order valence-electron chi connectivity index (χ3n) is 4.49. The summed E-state index contributed by atoms with van der Waals surface area (Å²) in [7, 11) is -3.64. The number of nitrogens with zero attached hydrogens (tertiary/aromatic N) is 6. The highest BCUT2D eigenvalue weighted by Gasteiger charge is 2.25. The second kappa shape index (κ2) is 7.45. The Labute approximate surface area is 165 Å². The standard InChI is InChI=1S/C16H19N7O3S2/c1-12-9-13(23-16(20-12)17-11-18-23)21-4-6-22(7-5-21)14(24)10-19-28(25,26)15-3-2-8-27-15/h2-3,8-9,11,19H,4-7,10H2,1H3. The van der Waals surface area contributed by atoms with Gasteiger partial charge in [0.25, 0.3) is 15.8 Å². The fourth-order valence-electron chi connectivity index (χ4n) is 3.08. The number of fused-ring (bicyclic) bond motifs is 1. The molecule has 0 aromatic carbocycles. The van der Waals surface area contributed by atoms with E-state index in [1.54, 1.807) is 20.9 Å². The summed E-state index contributed by atoms with van der Waals surface area (Å²) in [4.78, 5) is 24.7. The molecule has 148 valence electrons. The van der Waals surface area contributed by atoms with E-state index in [0.29, 0.717) is 32.0 Å². The molecule has 1 amide bonds. The summed E-state index contributed by atoms with van der Waals surface area (Å²) in [6, 6.07) is 5.11. The van der Waals surface area contributed by atoms with Crippen LogP contribution in [-0.4, -0.2) is 71.5 Å². The molecule has 4 rings (SSSR count). The molecule has 0 radical (unpaired) electrons. The zero-order valence-corrected chi connectivity index (χ0v) is 16.8. The van der Waals surface area contributed by atoms with Crippen LogP contribution in [0.15, 0.2) is 34.1 Å². The zero-order valence-electron chi connectivity index (χ0n) is 15.1. The van der Waals surface area contributed by atoms with E-state index in [4.69, 9.17) is 0 Å². The first kappa shape index (κ1) is 18.8. The Morgan fingerprint density at radius 1 is 1.29 bits per heavy atom. The number of rotatable bonds is 5. The van der Waals surface area contributed by atoms with Crippen LogP contribution in [0.25, 0.3) is 5.78 Å². The summed E-state index contributed by atoms with van der Waals surface area (Å²) in [5.74, 6) is 1.18. The van der Waals surface area contributed by atoms with Gasteiger partial charge >= 0.3 is 0 Å². The van der Waals surface area contributed by atoms with Gasteiger partial charge in [0, 0.05) is 37.9 Å². The van der Waals surface area contributed by atoms with Crippen molar-refractivity contribution in [3.63, 3.8) is 0 Å². The monoisotopic (exact) mass is 421 g/mol. The Bertz CT molecular complexity index is 1090. The van der Waals surface area contributed by atoms with Gasteiger partial charge in [-0.25, -0.2) is 18.1 Å². The van der Waals surface area contributed by atoms with E-state index in [9.17, 15) is 13.2 Å². The lowest BCUT2D eigenvalue weighted by Gasteiger charge is -2.36. The minimum atomic E-state index is -3.64. The molecule has 4 heterocycles. The van der Waals surface area contributed by atoms with Crippen LogP contribution < -0.4 is 9.62 Å². The van der Waals surface area contributed by atoms with Crippen molar-refractivity contribution in [2.75, 3.05) is 37.6 Å². The molecule has 1 saturated heterocycles. The molecule has 0 saturated carbocycles. The molecule has 0 unspecified atom stereocenters. The number of aromatic nitrogens is 4. The smallest absolute Gasteiger partial charge is 0.254 e. The van der Waals surface area contributed by atoms with Gasteiger partial charge in [0.05, 0.1) is 6.54 Å². The number of hydrogen-bond acceptors (Lipinski definition) is 8. The molecular formula is C16H19N7O3S2. The van der Waals surface area contributed by atoms with Gasteiger partial charge in [0.1, 0.15) is 16.4 Å². The van der Waals surface area contributed by atoms with Crippen LogP contribution in [0, 0.1) is 6.92 Å². The number of piperazine rings is 1. The lowest BCUT2D eigenvalue weighted by atomic mass is 10.3. The molecule has 1 fully saturated rings. The number of carbonyl (C=O) groups excluding carboxylic acids is 1. The highest BCUT2D eigenvalue weighted by Crippen LogP contribution is 2.18. The van der Waals surface area contributed by atoms with Crippen molar-refractivity contribution >= 4 is 38.9 Å². The topological polar surface area (TPSA) is 113 Å². The molecule has 0 atom stereocenters. The van der Waals surface area contributed by atoms with E-state index in [2.05, 4.69) is 24.7 Å². The predicted octanol–water partition coefficient (Wildman–Crippen LogP) is 0.121. The van der Waals surface area contributed by atoms with Crippen LogP contribution in [0.4, 0.5) is 5.82 Å². The Morgan fingerprint density at radius 2 is 2.07 bits per heavy atom. The second-order valence-corrected chi connectivity index (χ2v) is 9.29. The first-order valence-electron chi connectivity index (χ1n) is 8.67. The van der Waals surface area contributed by atoms with Crippen molar-refractivity contribution in [1.82, 2.24) is 29.2 Å². The van der Waals surface area contributed by atoms with Crippen molar-refractivity contribution < 1.29 is 13.2 Å². The van der Waals surface area contributed by atoms with Gasteiger partial charge in [0.15, 0.2) is 0 Å². The third-order valence-corrected chi connectivity index (χ3v) is 7.29. The van der Waals surface area contributed by atoms with Crippen molar-refractivity contribution in [2.24, 2.45) is 0 Å². The quantitative estimate of drug-likeness (QED) is 0.623. The Kier molecular flexibility index (Phi) is 5.00. The fourth-order valence-corrected chi connectivity index (χ4v) is 5.09. The van der Waals surface area contributed by atoms with Gasteiger partial charge < -0.3 is 9.80 Å². The maximum absolute atomic E-state index is 12.4. The number of aryl methyl sites for hydroxylation is 1. The summed E-state index contributed by atoms with van der Waals surface area (Å²) >= 11 is 1.12. The summed E-state index contributed by atoms with van der Waals surface area (Å²) in [5, 5.41) is 5.90. The first-order chi connectivity index (χ1) is 13.4. The lowest BCUT2D eigenvalue weighted by molar-refractivity contribution is -0.130. The van der Waals surface area contributed by atoms with Gasteiger partial charge in [-0.05, 0) is 18.4 Å². The van der Waals surface area contributed by atoms with Crippen LogP contribution in [0.5, 0.6) is 0 Å². The zero-order chi connectivity index (χ0) is 19.7. The van der Waals surface area contributed by atoms with E-state index >= 15 is 0 Å². The van der Waals surface area contributed by atoms with E-state index in [1.165, 1.54) is 12.4 Å². The molecule has 1 aliphatic heterocycles. The largest absolute Gasteiger partial charge is 0.353 e. The van der Waals surface area contributed by atoms with Crippen molar-refractivity contribution in [3.8, 4) is 0 Å². The fraction of sp³-hybridized carbons (Fsp3) is 0.375. The molecule has 1 N–H and O–H groups in total. The van der Waals surface area contributed by atoms with Crippen LogP contribution >= 0.6 is 11.3 Å². The number of amides is 1. The van der Waals surface area contributed by atoms with Crippen molar-refractivity contribution in [2.45, 2.75) is 11.1 Å². The van der Waals surface area contributed by atoms with E-state index < -0.39 is 10.0 Å². The molecule has 0 spiro atoms. The highest BCUT2D eigenvalue weighted by molar-refractivity contribution is 7.91. The van der Waals surface area contributed by atoms with Crippen molar-refractivity contribution in [1.29, 1.82) is 0 Å². The predicted molar refractivity (Wildman–Crippen MR) is 104 cm³/mol. The number of sulfonamides is 1. The van der Waals surface area contributed by atoms with Crippen molar-refractivity contribution in [3.05, 3.63) is 35.6 Å². The average Bonchev–Trinajstić information content (AvgIpc) is 3.37. The Morgan fingerprint density at radius 3 is 2.79 bits per heavy atom. The molecular weight excluding hydrogens is 402 g/mol. The number of hydrogen-bond donors (Lipinski definition) is 1. The van der Waals surface area contributed by atoms with E-state index in [0.717, 1.165) is 22.8 Å². The van der Waals surface area contributed by atoms with Crippen LogP contribution in [0.2, 0.25) is 0 Å². The third kappa shape index (κ3) is 3.70. The van der Waals surface area contributed by atoms with Gasteiger partial charge in [-0.15, -0.1) is 11.3 Å². The van der Waals surface area contributed by atoms with Crippen LogP contribution in [-0.2, 0) is 14.8 Å². The SMILES string of the molecule is Cc1cc(N2CCN(C(=O)CNS(=O)(=O)c3cccs3)CC2)n2ncnc2n1. The van der Waals surface area contributed by atoms with E-state index in [-0.39, 0.29) is 16.7 Å². The van der Waals surface area contributed by atoms with Gasteiger partial charge in [-0.2, -0.15) is 14.6 Å². The summed E-state index contributed by atoms with van der Waals surface area (Å²) in [5.41, 5.74) is 0.844. The molecule has 28 heavy (non-hydrogen) atoms. The molecule has 0 bridgehead atoms. The molecule has 10 nitrogen and oxygen atoms in total. The number of carbonyl (C=O) groups is 1. The van der Waals surface area contributed by atoms with Gasteiger partial charge in [-0.3, -0.25) is 4.79 Å². The van der Waals surface area contributed by atoms with Gasteiger partial charge in [-0.1, -0.05) is 6.07 Å². The minimum absolute atomic E-state index is 0.204. The number of nitrogens with one attached hydrogen (secondary N) is 1. The second-order valence-electron chi connectivity index (χ2n) is 6.35. The highest BCUT2D eigenvalue weighted by atomic mass is 32.2. The lowest BCUT2D eigenvalue weighted by Crippen LogP contribution is -2.51. The Hall–Kier alpha value is -2.57. The number of anilines is 1. The first-order valence-corrected chi connectivity index (χ1v) is 11.0. The minimum Gasteiger partial charge on any atom is -0.353 e.